The number of carbonyl (C=O) groups excluding carboxylic acids is 3. The number of amides is 3. The average Bonchev–Trinajstić information content (AvgIpc) is 2.93. The van der Waals surface area contributed by atoms with E-state index >= 15 is 0 Å². The van der Waals surface area contributed by atoms with Crippen molar-refractivity contribution >= 4 is 17.7 Å². The maximum absolute atomic E-state index is 13.0. The van der Waals surface area contributed by atoms with Gasteiger partial charge in [0.25, 0.3) is 0 Å². The summed E-state index contributed by atoms with van der Waals surface area (Å²) in [5, 5.41) is 15.3. The Kier molecular flexibility index (Phi) is 12.2. The monoisotopic (exact) mass is 607 g/mol. The van der Waals surface area contributed by atoms with Gasteiger partial charge >= 0.3 is 12.4 Å². The molecule has 42 heavy (non-hydrogen) atoms. The van der Waals surface area contributed by atoms with Crippen LogP contribution in [0.2, 0.25) is 0 Å². The van der Waals surface area contributed by atoms with Gasteiger partial charge in [-0.25, -0.2) is 0 Å². The molecule has 0 bridgehead atoms. The van der Waals surface area contributed by atoms with Gasteiger partial charge in [-0.15, -0.1) is 0 Å². The number of aliphatic hydroxyl groups excluding tert-OH is 1. The third-order valence-electron chi connectivity index (χ3n) is 5.95. The lowest BCUT2D eigenvalue weighted by Gasteiger charge is -2.26. The summed E-state index contributed by atoms with van der Waals surface area (Å²) in [5.74, 6) is -2.76. The van der Waals surface area contributed by atoms with Gasteiger partial charge in [-0.05, 0) is 29.3 Å². The molecule has 0 saturated heterocycles. The number of aliphatic hydroxyl groups is 1. The van der Waals surface area contributed by atoms with Crippen LogP contribution in [0, 0.1) is 0 Å². The molecule has 0 unspecified atom stereocenters. The molecule has 17 heteroatoms. The number of carbonyl (C=O) groups is 3. The highest BCUT2D eigenvalue weighted by Gasteiger charge is 2.35. The molecule has 0 fully saturated rings. The first-order valence-corrected chi connectivity index (χ1v) is 12.5. The highest BCUT2D eigenvalue weighted by atomic mass is 19.4. The highest BCUT2D eigenvalue weighted by Crippen LogP contribution is 2.31. The number of halogens is 6. The summed E-state index contributed by atoms with van der Waals surface area (Å²) in [6.45, 7) is -0.0370. The highest BCUT2D eigenvalue weighted by molar-refractivity contribution is 5.92. The van der Waals surface area contributed by atoms with E-state index in [0.717, 1.165) is 24.4 Å². The predicted molar refractivity (Wildman–Crippen MR) is 137 cm³/mol. The van der Waals surface area contributed by atoms with Gasteiger partial charge in [-0.1, -0.05) is 12.1 Å². The van der Waals surface area contributed by atoms with Gasteiger partial charge in [-0.3, -0.25) is 19.4 Å². The molecular formula is C25H31F6N7O4. The number of pyridine rings is 1. The third kappa shape index (κ3) is 9.93. The number of hydrogen-bond donors (Lipinski definition) is 6. The topological polar surface area (TPSA) is 190 Å². The van der Waals surface area contributed by atoms with Crippen LogP contribution in [0.5, 0.6) is 0 Å². The Morgan fingerprint density at radius 1 is 0.905 bits per heavy atom. The lowest BCUT2D eigenvalue weighted by molar-refractivity contribution is -0.138. The Labute approximate surface area is 236 Å². The lowest BCUT2D eigenvalue weighted by Crippen LogP contribution is -2.55. The van der Waals surface area contributed by atoms with Crippen molar-refractivity contribution in [3.05, 3.63) is 65.0 Å². The van der Waals surface area contributed by atoms with Crippen molar-refractivity contribution in [2.75, 3.05) is 26.2 Å². The van der Waals surface area contributed by atoms with E-state index in [9.17, 15) is 45.8 Å². The van der Waals surface area contributed by atoms with E-state index in [0.29, 0.717) is 18.3 Å². The number of alkyl halides is 6. The summed E-state index contributed by atoms with van der Waals surface area (Å²) < 4.78 is 77.9. The van der Waals surface area contributed by atoms with E-state index in [1.807, 2.05) is 0 Å². The Bertz CT molecular complexity index is 1200. The first kappa shape index (κ1) is 34.4. The number of aromatic nitrogens is 1. The molecule has 0 aliphatic rings. The second-order valence-electron chi connectivity index (χ2n) is 9.12. The summed E-state index contributed by atoms with van der Waals surface area (Å²) in [7, 11) is 0. The van der Waals surface area contributed by atoms with Crippen LogP contribution in [0.4, 0.5) is 26.3 Å². The van der Waals surface area contributed by atoms with E-state index in [1.54, 1.807) is 0 Å². The molecule has 1 heterocycles. The number of hydrogen-bond acceptors (Lipinski definition) is 8. The molecule has 1 aromatic carbocycles. The number of benzene rings is 1. The number of nitrogens with zero attached hydrogens (tertiary/aromatic N) is 2. The van der Waals surface area contributed by atoms with Gasteiger partial charge in [0.1, 0.15) is 12.1 Å². The van der Waals surface area contributed by atoms with Gasteiger partial charge in [-0.2, -0.15) is 26.3 Å². The Hall–Kier alpha value is -3.80. The van der Waals surface area contributed by atoms with Gasteiger partial charge < -0.3 is 37.8 Å². The Morgan fingerprint density at radius 2 is 1.48 bits per heavy atom. The normalized spacial score (nSPS) is 14.0. The van der Waals surface area contributed by atoms with Gasteiger partial charge in [0.05, 0.1) is 23.6 Å². The Morgan fingerprint density at radius 3 is 2.00 bits per heavy atom. The third-order valence-corrected chi connectivity index (χ3v) is 5.95. The van der Waals surface area contributed by atoms with Crippen LogP contribution < -0.4 is 27.8 Å². The minimum absolute atomic E-state index is 0.0746. The lowest BCUT2D eigenvalue weighted by atomic mass is 9.99. The van der Waals surface area contributed by atoms with Crippen molar-refractivity contribution in [3.8, 4) is 0 Å². The molecule has 0 saturated carbocycles. The van der Waals surface area contributed by atoms with Crippen LogP contribution >= 0.6 is 0 Å². The molecule has 232 valence electrons. The molecule has 3 amide bonds. The zero-order chi connectivity index (χ0) is 31.7. The zero-order valence-corrected chi connectivity index (χ0v) is 22.1. The molecule has 1 aromatic heterocycles. The predicted octanol–water partition coefficient (Wildman–Crippen LogP) is 0.417. The fraction of sp³-hybridized carbons (Fsp3) is 0.440. The smallest absolute Gasteiger partial charge is 0.386 e. The quantitative estimate of drug-likeness (QED) is 0.177. The maximum Gasteiger partial charge on any atom is 0.417 e. The fourth-order valence-electron chi connectivity index (χ4n) is 3.73. The molecule has 2 rings (SSSR count). The van der Waals surface area contributed by atoms with Crippen molar-refractivity contribution in [2.45, 2.75) is 43.5 Å². The van der Waals surface area contributed by atoms with E-state index in [-0.39, 0.29) is 37.3 Å². The second-order valence-corrected chi connectivity index (χ2v) is 9.12. The minimum Gasteiger partial charge on any atom is -0.386 e. The van der Waals surface area contributed by atoms with Gasteiger partial charge in [0.15, 0.2) is 0 Å². The molecular weight excluding hydrogens is 576 g/mol. The van der Waals surface area contributed by atoms with Gasteiger partial charge in [0, 0.05) is 45.1 Å². The fourth-order valence-corrected chi connectivity index (χ4v) is 3.73. The van der Waals surface area contributed by atoms with Crippen molar-refractivity contribution < 1.29 is 45.8 Å². The van der Waals surface area contributed by atoms with Crippen molar-refractivity contribution in [1.82, 2.24) is 20.5 Å². The zero-order valence-electron chi connectivity index (χ0n) is 22.1. The molecule has 9 N–H and O–H groups in total. The van der Waals surface area contributed by atoms with Crippen molar-refractivity contribution in [1.29, 1.82) is 0 Å². The summed E-state index contributed by atoms with van der Waals surface area (Å²) in [4.78, 5) is 43.2. The molecule has 2 aromatic rings. The molecule has 3 atom stereocenters. The second kappa shape index (κ2) is 14.9. The number of nitrogens with two attached hydrogens (primary N) is 3. The molecule has 0 aliphatic heterocycles. The van der Waals surface area contributed by atoms with E-state index in [4.69, 9.17) is 17.2 Å². The maximum atomic E-state index is 13.0. The number of rotatable bonds is 13. The molecule has 11 nitrogen and oxygen atoms in total. The molecule has 0 radical (unpaired) electrons. The van der Waals surface area contributed by atoms with Gasteiger partial charge in [0.2, 0.25) is 17.7 Å². The van der Waals surface area contributed by atoms with Crippen molar-refractivity contribution in [2.24, 2.45) is 17.2 Å². The van der Waals surface area contributed by atoms with Crippen molar-refractivity contribution in [3.63, 3.8) is 0 Å². The molecule has 0 spiro atoms. The largest absolute Gasteiger partial charge is 0.417 e. The van der Waals surface area contributed by atoms with Crippen LogP contribution in [0.25, 0.3) is 0 Å². The van der Waals surface area contributed by atoms with Crippen LogP contribution in [0.3, 0.4) is 0 Å². The molecule has 0 aliphatic carbocycles. The number of nitrogens with one attached hydrogen (secondary N) is 2. The van der Waals surface area contributed by atoms with E-state index < -0.39 is 72.4 Å². The summed E-state index contributed by atoms with van der Waals surface area (Å²) in [6.07, 6.45) is -10.2. The summed E-state index contributed by atoms with van der Waals surface area (Å²) in [6, 6.07) is 0.393. The van der Waals surface area contributed by atoms with E-state index in [1.165, 1.54) is 4.90 Å². The SMILES string of the molecule is NCCN(CCN)C(=O)C[C@H](N)C(=O)N[C@H](C(=O)NCc1cncc(C(F)(F)F)c1)[C@H](O)c1ccc(C(F)(F)F)cc1. The van der Waals surface area contributed by atoms with Crippen LogP contribution in [0.1, 0.15) is 34.8 Å². The summed E-state index contributed by atoms with van der Waals surface area (Å²) >= 11 is 0. The minimum atomic E-state index is -4.71. The first-order valence-electron chi connectivity index (χ1n) is 12.5. The Balaban J connectivity index is 2.26. The van der Waals surface area contributed by atoms with Crippen LogP contribution in [0.15, 0.2) is 42.7 Å². The van der Waals surface area contributed by atoms with Crippen LogP contribution in [-0.4, -0.2) is 71.0 Å². The first-order chi connectivity index (χ1) is 19.6. The summed E-state index contributed by atoms with van der Waals surface area (Å²) in [5.41, 5.74) is 14.4. The average molecular weight is 608 g/mol. The standard InChI is InChI=1S/C25H31F6N7O4/c26-24(27,28)16-3-1-15(2-4-16)21(40)20(23(42)36-12-14-9-17(13-35-11-14)25(29,30)31)37-22(41)18(34)10-19(39)38(7-5-32)8-6-33/h1-4,9,11,13,18,20-21,40H,5-8,10,12,32-34H2,(H,36,42)(H,37,41)/t18-,20-,21+/m0/s1. The van der Waals surface area contributed by atoms with Crippen LogP contribution in [-0.2, 0) is 33.3 Å². The van der Waals surface area contributed by atoms with E-state index in [2.05, 4.69) is 15.6 Å².